The first-order valence-electron chi connectivity index (χ1n) is 6.49. The van der Waals surface area contributed by atoms with Crippen molar-refractivity contribution in [3.8, 4) is 0 Å². The molecule has 1 fully saturated rings. The number of benzene rings is 1. The monoisotopic (exact) mass is 248 g/mol. The molecular formula is C14H20N2O2. The lowest BCUT2D eigenvalue weighted by Gasteiger charge is -2.34. The van der Waals surface area contributed by atoms with Gasteiger partial charge in [0.05, 0.1) is 11.3 Å². The Morgan fingerprint density at radius 1 is 1.44 bits per heavy atom. The SMILES string of the molecule is CCC1CCN(c2ccc(N)cc2C(=O)O)CC1. The third-order valence-corrected chi connectivity index (χ3v) is 3.78. The van der Waals surface area contributed by atoms with Crippen LogP contribution in [-0.2, 0) is 0 Å². The van der Waals surface area contributed by atoms with Gasteiger partial charge >= 0.3 is 5.97 Å². The standard InChI is InChI=1S/C14H20N2O2/c1-2-10-5-7-16(8-6-10)13-4-3-11(15)9-12(13)14(17)18/h3-4,9-10H,2,5-8,15H2,1H3,(H,17,18). The number of nitrogen functional groups attached to an aromatic ring is 1. The van der Waals surface area contributed by atoms with Gasteiger partial charge in [-0.1, -0.05) is 13.3 Å². The van der Waals surface area contributed by atoms with Crippen molar-refractivity contribution in [2.75, 3.05) is 23.7 Å². The number of anilines is 2. The van der Waals surface area contributed by atoms with Crippen LogP contribution in [0.2, 0.25) is 0 Å². The van der Waals surface area contributed by atoms with Crippen molar-refractivity contribution in [2.45, 2.75) is 26.2 Å². The molecule has 98 valence electrons. The van der Waals surface area contributed by atoms with E-state index >= 15 is 0 Å². The van der Waals surface area contributed by atoms with Crippen LogP contribution in [0, 0.1) is 5.92 Å². The van der Waals surface area contributed by atoms with E-state index in [1.807, 2.05) is 6.07 Å². The lowest BCUT2D eigenvalue weighted by atomic mass is 9.93. The van der Waals surface area contributed by atoms with E-state index in [1.54, 1.807) is 12.1 Å². The molecule has 1 aromatic carbocycles. The highest BCUT2D eigenvalue weighted by Crippen LogP contribution is 2.28. The first-order chi connectivity index (χ1) is 8.61. The molecule has 4 nitrogen and oxygen atoms in total. The maximum atomic E-state index is 11.3. The van der Waals surface area contributed by atoms with Crippen molar-refractivity contribution in [2.24, 2.45) is 5.92 Å². The Morgan fingerprint density at radius 3 is 2.67 bits per heavy atom. The molecule has 0 bridgehead atoms. The van der Waals surface area contributed by atoms with Gasteiger partial charge in [-0.3, -0.25) is 0 Å². The molecule has 0 saturated carbocycles. The summed E-state index contributed by atoms with van der Waals surface area (Å²) in [5, 5.41) is 9.24. The molecule has 0 spiro atoms. The zero-order valence-electron chi connectivity index (χ0n) is 10.7. The number of carboxylic acids is 1. The van der Waals surface area contributed by atoms with E-state index < -0.39 is 5.97 Å². The van der Waals surface area contributed by atoms with Gasteiger partial charge in [-0.05, 0) is 37.0 Å². The molecule has 4 heteroatoms. The fourth-order valence-corrected chi connectivity index (χ4v) is 2.58. The van der Waals surface area contributed by atoms with Gasteiger partial charge in [0, 0.05) is 18.8 Å². The minimum Gasteiger partial charge on any atom is -0.478 e. The van der Waals surface area contributed by atoms with Gasteiger partial charge in [0.1, 0.15) is 0 Å². The van der Waals surface area contributed by atoms with E-state index in [4.69, 9.17) is 5.73 Å². The number of nitrogens with two attached hydrogens (primary N) is 1. The Kier molecular flexibility index (Phi) is 3.75. The molecule has 0 aromatic heterocycles. The molecule has 1 aliphatic heterocycles. The van der Waals surface area contributed by atoms with Crippen molar-refractivity contribution >= 4 is 17.3 Å². The molecule has 3 N–H and O–H groups in total. The van der Waals surface area contributed by atoms with Crippen LogP contribution in [-0.4, -0.2) is 24.2 Å². The minimum absolute atomic E-state index is 0.310. The zero-order chi connectivity index (χ0) is 13.1. The van der Waals surface area contributed by atoms with Gasteiger partial charge in [-0.15, -0.1) is 0 Å². The smallest absolute Gasteiger partial charge is 0.337 e. The second-order valence-electron chi connectivity index (χ2n) is 4.92. The average Bonchev–Trinajstić information content (AvgIpc) is 2.39. The number of carbonyl (C=O) groups is 1. The summed E-state index contributed by atoms with van der Waals surface area (Å²) in [6.07, 6.45) is 3.49. The van der Waals surface area contributed by atoms with Crippen LogP contribution in [0.25, 0.3) is 0 Å². The van der Waals surface area contributed by atoms with E-state index in [9.17, 15) is 9.90 Å². The lowest BCUT2D eigenvalue weighted by Crippen LogP contribution is -2.34. The van der Waals surface area contributed by atoms with Crippen LogP contribution in [0.1, 0.15) is 36.5 Å². The third kappa shape index (κ3) is 2.58. The molecule has 0 amide bonds. The maximum Gasteiger partial charge on any atom is 0.337 e. The highest BCUT2D eigenvalue weighted by atomic mass is 16.4. The molecule has 0 atom stereocenters. The normalized spacial score (nSPS) is 16.8. The third-order valence-electron chi connectivity index (χ3n) is 3.78. The molecule has 18 heavy (non-hydrogen) atoms. The van der Waals surface area contributed by atoms with Gasteiger partial charge in [-0.25, -0.2) is 4.79 Å². The van der Waals surface area contributed by atoms with Gasteiger partial charge in [0.25, 0.3) is 0 Å². The second kappa shape index (κ2) is 5.29. The Hall–Kier alpha value is -1.71. The van der Waals surface area contributed by atoms with Crippen LogP contribution in [0.15, 0.2) is 18.2 Å². The van der Waals surface area contributed by atoms with Crippen LogP contribution in [0.4, 0.5) is 11.4 Å². The fourth-order valence-electron chi connectivity index (χ4n) is 2.58. The van der Waals surface area contributed by atoms with Crippen molar-refractivity contribution in [1.82, 2.24) is 0 Å². The van der Waals surface area contributed by atoms with Gasteiger partial charge < -0.3 is 15.7 Å². The highest BCUT2D eigenvalue weighted by molar-refractivity contribution is 5.95. The first kappa shape index (κ1) is 12.7. The second-order valence-corrected chi connectivity index (χ2v) is 4.92. The van der Waals surface area contributed by atoms with E-state index in [0.29, 0.717) is 11.3 Å². The van der Waals surface area contributed by atoms with Crippen LogP contribution in [0.3, 0.4) is 0 Å². The summed E-state index contributed by atoms with van der Waals surface area (Å²) in [7, 11) is 0. The number of nitrogens with zero attached hydrogens (tertiary/aromatic N) is 1. The Balaban J connectivity index is 2.21. The number of aromatic carboxylic acids is 1. The van der Waals surface area contributed by atoms with Crippen LogP contribution in [0.5, 0.6) is 0 Å². The summed E-state index contributed by atoms with van der Waals surface area (Å²) in [4.78, 5) is 13.4. The van der Waals surface area contributed by atoms with Gasteiger partial charge in [0.2, 0.25) is 0 Å². The van der Waals surface area contributed by atoms with E-state index in [1.165, 1.54) is 6.42 Å². The summed E-state index contributed by atoms with van der Waals surface area (Å²) in [6.45, 7) is 4.08. The topological polar surface area (TPSA) is 66.6 Å². The summed E-state index contributed by atoms with van der Waals surface area (Å²) in [6, 6.07) is 5.14. The predicted molar refractivity (Wildman–Crippen MR) is 73.0 cm³/mol. The first-order valence-corrected chi connectivity index (χ1v) is 6.49. The zero-order valence-corrected chi connectivity index (χ0v) is 10.7. The number of carboxylic acid groups (broad SMARTS) is 1. The molecule has 0 aliphatic carbocycles. The van der Waals surface area contributed by atoms with E-state index in [0.717, 1.165) is 37.5 Å². The Bertz CT molecular complexity index is 437. The maximum absolute atomic E-state index is 11.3. The van der Waals surface area contributed by atoms with Crippen molar-refractivity contribution in [3.63, 3.8) is 0 Å². The van der Waals surface area contributed by atoms with Crippen molar-refractivity contribution in [3.05, 3.63) is 23.8 Å². The highest BCUT2D eigenvalue weighted by Gasteiger charge is 2.21. The summed E-state index contributed by atoms with van der Waals surface area (Å²) < 4.78 is 0. The van der Waals surface area contributed by atoms with Gasteiger partial charge in [0.15, 0.2) is 0 Å². The van der Waals surface area contributed by atoms with Crippen molar-refractivity contribution in [1.29, 1.82) is 0 Å². The van der Waals surface area contributed by atoms with Gasteiger partial charge in [-0.2, -0.15) is 0 Å². The molecule has 0 radical (unpaired) electrons. The average molecular weight is 248 g/mol. The summed E-state index contributed by atoms with van der Waals surface area (Å²) in [5.41, 5.74) is 7.26. The molecule has 1 heterocycles. The largest absolute Gasteiger partial charge is 0.478 e. The number of hydrogen-bond acceptors (Lipinski definition) is 3. The predicted octanol–water partition coefficient (Wildman–Crippen LogP) is 2.59. The van der Waals surface area contributed by atoms with E-state index in [-0.39, 0.29) is 0 Å². The molecular weight excluding hydrogens is 228 g/mol. The summed E-state index contributed by atoms with van der Waals surface area (Å²) in [5.74, 6) is -0.127. The minimum atomic E-state index is -0.907. The van der Waals surface area contributed by atoms with E-state index in [2.05, 4.69) is 11.8 Å². The Morgan fingerprint density at radius 2 is 2.11 bits per heavy atom. The molecule has 1 saturated heterocycles. The van der Waals surface area contributed by atoms with Crippen LogP contribution < -0.4 is 10.6 Å². The molecule has 1 aliphatic rings. The number of hydrogen-bond donors (Lipinski definition) is 2. The van der Waals surface area contributed by atoms with Crippen molar-refractivity contribution < 1.29 is 9.90 Å². The number of rotatable bonds is 3. The quantitative estimate of drug-likeness (QED) is 0.807. The number of piperidine rings is 1. The lowest BCUT2D eigenvalue weighted by molar-refractivity contribution is 0.0697. The molecule has 2 rings (SSSR count). The van der Waals surface area contributed by atoms with Crippen LogP contribution >= 0.6 is 0 Å². The Labute approximate surface area is 107 Å². The molecule has 0 unspecified atom stereocenters. The fraction of sp³-hybridized carbons (Fsp3) is 0.500. The molecule has 1 aromatic rings. The summed E-state index contributed by atoms with van der Waals surface area (Å²) >= 11 is 0.